The molecular weight excluding hydrogens is 414 g/mol. The lowest BCUT2D eigenvalue weighted by molar-refractivity contribution is 0.0600. The fourth-order valence-electron chi connectivity index (χ4n) is 2.73. The molecule has 2 aromatic heterocycles. The third-order valence-corrected chi connectivity index (χ3v) is 6.87. The molecule has 10 heteroatoms. The van der Waals surface area contributed by atoms with E-state index in [4.69, 9.17) is 4.74 Å². The van der Waals surface area contributed by atoms with E-state index in [-0.39, 0.29) is 22.8 Å². The fourth-order valence-corrected chi connectivity index (χ4v) is 4.94. The van der Waals surface area contributed by atoms with Crippen LogP contribution in [0.5, 0.6) is 5.75 Å². The number of nitrogens with zero attached hydrogens (tertiary/aromatic N) is 2. The number of aryl methyl sites for hydroxylation is 1. The molecule has 0 bridgehead atoms. The van der Waals surface area contributed by atoms with Gasteiger partial charge >= 0.3 is 5.97 Å². The van der Waals surface area contributed by atoms with Crippen molar-refractivity contribution in [1.82, 2.24) is 14.5 Å². The van der Waals surface area contributed by atoms with E-state index in [1.165, 1.54) is 32.4 Å². The minimum absolute atomic E-state index is 0.106. The van der Waals surface area contributed by atoms with E-state index in [0.29, 0.717) is 6.42 Å². The van der Waals surface area contributed by atoms with Crippen LogP contribution < -0.4 is 9.46 Å². The Morgan fingerprint density at radius 2 is 2.03 bits per heavy atom. The first kappa shape index (κ1) is 21.0. The summed E-state index contributed by atoms with van der Waals surface area (Å²) in [6.45, 7) is 0.209. The van der Waals surface area contributed by atoms with Gasteiger partial charge in [-0.15, -0.1) is 11.3 Å². The number of carbonyl (C=O) groups is 1. The van der Waals surface area contributed by atoms with E-state index in [2.05, 4.69) is 14.6 Å². The van der Waals surface area contributed by atoms with Gasteiger partial charge in [0.25, 0.3) is 0 Å². The Hall–Kier alpha value is -2.69. The van der Waals surface area contributed by atoms with Gasteiger partial charge < -0.3 is 9.47 Å². The first-order chi connectivity index (χ1) is 13.8. The molecule has 0 atom stereocenters. The van der Waals surface area contributed by atoms with Crippen LogP contribution in [0.4, 0.5) is 0 Å². The van der Waals surface area contributed by atoms with Crippen LogP contribution in [0.1, 0.15) is 15.2 Å². The SMILES string of the molecule is COC(=O)c1ccc(OC)c(S(=O)(=O)NCCc2ccc(-c3cnn(C)c3)s2)c1. The Morgan fingerprint density at radius 3 is 2.69 bits per heavy atom. The van der Waals surface area contributed by atoms with Crippen LogP contribution in [0.3, 0.4) is 0 Å². The number of aromatic nitrogens is 2. The number of benzene rings is 1. The minimum atomic E-state index is -3.87. The molecule has 0 spiro atoms. The number of hydrogen-bond acceptors (Lipinski definition) is 7. The first-order valence-electron chi connectivity index (χ1n) is 8.68. The maximum Gasteiger partial charge on any atom is 0.337 e. The molecule has 0 aliphatic heterocycles. The molecule has 1 aromatic carbocycles. The van der Waals surface area contributed by atoms with E-state index in [1.807, 2.05) is 25.4 Å². The van der Waals surface area contributed by atoms with Crippen LogP contribution in [0.25, 0.3) is 10.4 Å². The highest BCUT2D eigenvalue weighted by Gasteiger charge is 2.21. The Bertz CT molecular complexity index is 1120. The summed E-state index contributed by atoms with van der Waals surface area (Å²) in [6.07, 6.45) is 4.25. The van der Waals surface area contributed by atoms with Crippen molar-refractivity contribution in [1.29, 1.82) is 0 Å². The van der Waals surface area contributed by atoms with Gasteiger partial charge in [-0.1, -0.05) is 0 Å². The Labute approximate surface area is 173 Å². The second-order valence-corrected chi connectivity index (χ2v) is 9.08. The minimum Gasteiger partial charge on any atom is -0.495 e. The average Bonchev–Trinajstić information content (AvgIpc) is 3.35. The van der Waals surface area contributed by atoms with Crippen LogP contribution in [-0.4, -0.2) is 44.9 Å². The van der Waals surface area contributed by atoms with E-state index in [1.54, 1.807) is 22.2 Å². The van der Waals surface area contributed by atoms with Crippen LogP contribution in [-0.2, 0) is 28.2 Å². The van der Waals surface area contributed by atoms with E-state index in [9.17, 15) is 13.2 Å². The normalized spacial score (nSPS) is 11.4. The second-order valence-electron chi connectivity index (χ2n) is 6.17. The molecular formula is C19H21N3O5S2. The fraction of sp³-hybridized carbons (Fsp3) is 0.263. The molecule has 0 fully saturated rings. The summed E-state index contributed by atoms with van der Waals surface area (Å²) in [4.78, 5) is 13.7. The lowest BCUT2D eigenvalue weighted by atomic mass is 10.2. The molecule has 0 unspecified atom stereocenters. The smallest absolute Gasteiger partial charge is 0.337 e. The Morgan fingerprint density at radius 1 is 1.24 bits per heavy atom. The van der Waals surface area contributed by atoms with Gasteiger partial charge in [0.1, 0.15) is 10.6 Å². The summed E-state index contributed by atoms with van der Waals surface area (Å²) in [7, 11) is 0.595. The monoisotopic (exact) mass is 435 g/mol. The second kappa shape index (κ2) is 8.76. The summed E-state index contributed by atoms with van der Waals surface area (Å²) in [5.74, 6) is -0.467. The van der Waals surface area contributed by atoms with E-state index in [0.717, 1.165) is 15.3 Å². The van der Waals surface area contributed by atoms with Crippen molar-refractivity contribution in [3.05, 3.63) is 53.2 Å². The zero-order chi connectivity index (χ0) is 21.0. The van der Waals surface area contributed by atoms with Crippen LogP contribution in [0.2, 0.25) is 0 Å². The number of sulfonamides is 1. The molecule has 0 saturated heterocycles. The van der Waals surface area contributed by atoms with Crippen molar-refractivity contribution in [2.24, 2.45) is 7.05 Å². The standard InChI is InChI=1S/C19H21N3O5S2/c1-22-12-14(11-20-22)17-7-5-15(28-17)8-9-21-29(24,25)18-10-13(19(23)27-3)4-6-16(18)26-2/h4-7,10-12,21H,8-9H2,1-3H3. The number of rotatable bonds is 8. The van der Waals surface area contributed by atoms with Gasteiger partial charge in [0.2, 0.25) is 10.0 Å². The van der Waals surface area contributed by atoms with Crippen molar-refractivity contribution < 1.29 is 22.7 Å². The van der Waals surface area contributed by atoms with Crippen molar-refractivity contribution in [2.45, 2.75) is 11.3 Å². The molecule has 3 aromatic rings. The molecule has 3 rings (SSSR count). The average molecular weight is 436 g/mol. The molecule has 154 valence electrons. The van der Waals surface area contributed by atoms with Crippen molar-refractivity contribution >= 4 is 27.3 Å². The number of thiophene rings is 1. The van der Waals surface area contributed by atoms with Gasteiger partial charge in [-0.25, -0.2) is 17.9 Å². The number of carbonyl (C=O) groups excluding carboxylic acids is 1. The number of hydrogen-bond donors (Lipinski definition) is 1. The van der Waals surface area contributed by atoms with Gasteiger partial charge in [0.15, 0.2) is 0 Å². The quantitative estimate of drug-likeness (QED) is 0.546. The molecule has 0 saturated carbocycles. The predicted octanol–water partition coefficient (Wildman–Crippen LogP) is 2.46. The number of ether oxygens (including phenoxy) is 2. The molecule has 0 aliphatic rings. The zero-order valence-electron chi connectivity index (χ0n) is 16.2. The van der Waals surface area contributed by atoms with Gasteiger partial charge in [-0.2, -0.15) is 5.10 Å². The van der Waals surface area contributed by atoms with Gasteiger partial charge in [0.05, 0.1) is 26.0 Å². The molecule has 8 nitrogen and oxygen atoms in total. The highest BCUT2D eigenvalue weighted by atomic mass is 32.2. The number of methoxy groups -OCH3 is 2. The topological polar surface area (TPSA) is 99.5 Å². The summed E-state index contributed by atoms with van der Waals surface area (Å²) in [5.41, 5.74) is 1.15. The molecule has 0 aliphatic carbocycles. The summed E-state index contributed by atoms with van der Waals surface area (Å²) in [5, 5.41) is 4.16. The number of nitrogens with one attached hydrogen (secondary N) is 1. The van der Waals surface area contributed by atoms with Crippen LogP contribution in [0, 0.1) is 0 Å². The van der Waals surface area contributed by atoms with Gasteiger partial charge in [0, 0.05) is 35.1 Å². The van der Waals surface area contributed by atoms with Crippen LogP contribution in [0.15, 0.2) is 47.6 Å². The van der Waals surface area contributed by atoms with E-state index >= 15 is 0 Å². The molecule has 0 radical (unpaired) electrons. The summed E-state index contributed by atoms with van der Waals surface area (Å²) in [6, 6.07) is 8.10. The highest BCUT2D eigenvalue weighted by Crippen LogP contribution is 2.28. The number of esters is 1. The maximum atomic E-state index is 12.7. The van der Waals surface area contributed by atoms with E-state index < -0.39 is 16.0 Å². The molecule has 0 amide bonds. The van der Waals surface area contributed by atoms with Crippen molar-refractivity contribution in [3.63, 3.8) is 0 Å². The molecule has 2 heterocycles. The lowest BCUT2D eigenvalue weighted by Crippen LogP contribution is -2.26. The van der Waals surface area contributed by atoms with Crippen molar-refractivity contribution in [3.8, 4) is 16.2 Å². The zero-order valence-corrected chi connectivity index (χ0v) is 17.8. The Kier molecular flexibility index (Phi) is 6.36. The lowest BCUT2D eigenvalue weighted by Gasteiger charge is -2.11. The molecule has 1 N–H and O–H groups in total. The third-order valence-electron chi connectivity index (χ3n) is 4.19. The van der Waals surface area contributed by atoms with Crippen LogP contribution >= 0.6 is 11.3 Å². The largest absolute Gasteiger partial charge is 0.495 e. The maximum absolute atomic E-state index is 12.7. The molecule has 29 heavy (non-hydrogen) atoms. The predicted molar refractivity (Wildman–Crippen MR) is 110 cm³/mol. The summed E-state index contributed by atoms with van der Waals surface area (Å²) < 4.78 is 39.6. The third kappa shape index (κ3) is 4.84. The van der Waals surface area contributed by atoms with Crippen molar-refractivity contribution in [2.75, 3.05) is 20.8 Å². The van der Waals surface area contributed by atoms with Gasteiger partial charge in [-0.3, -0.25) is 4.68 Å². The van der Waals surface area contributed by atoms with Gasteiger partial charge in [-0.05, 0) is 36.8 Å². The summed E-state index contributed by atoms with van der Waals surface area (Å²) >= 11 is 1.59. The first-order valence-corrected chi connectivity index (χ1v) is 11.0. The highest BCUT2D eigenvalue weighted by molar-refractivity contribution is 7.89. The Balaban J connectivity index is 1.70.